The molecule has 14 nitrogen and oxygen atoms in total. The molecule has 0 bridgehead atoms. The summed E-state index contributed by atoms with van der Waals surface area (Å²) in [6.45, 7) is 9.09. The predicted octanol–water partition coefficient (Wildman–Crippen LogP) is 3.36. The lowest BCUT2D eigenvalue weighted by atomic mass is 9.97. The van der Waals surface area contributed by atoms with Crippen LogP contribution in [0.2, 0.25) is 0 Å². The van der Waals surface area contributed by atoms with Gasteiger partial charge in [0.05, 0.1) is 33.3 Å². The van der Waals surface area contributed by atoms with E-state index in [9.17, 15) is 19.2 Å². The average Bonchev–Trinajstić information content (AvgIpc) is 3.53. The maximum atomic E-state index is 13.7. The van der Waals surface area contributed by atoms with Gasteiger partial charge in [-0.05, 0) is 68.0 Å². The largest absolute Gasteiger partial charge is 0.494 e. The fourth-order valence-electron chi connectivity index (χ4n) is 6.04. The number of carbonyl (C=O) groups is 4. The van der Waals surface area contributed by atoms with E-state index in [4.69, 9.17) is 19.2 Å². The standard InChI is InChI=1S/C38H53N7O7/c1-7-25(3)36-38(49)40-26(4)37-41-32(22-28-14-17-30(50-5)31(21-28)51-6)43-45(37)24-34(47)39-18-10-20-44(19-9-11-33(46)42-36)35(48)23-27-12-15-29(16-13-27)52-8-2/h12-17,21,25-26,36H,7-11,18-20,22-24H2,1-6H3,(H,39,47)(H,40,49)(H,42,46)/t25-,26+,36-/m0/s1. The molecule has 3 N–H and O–H groups in total. The maximum Gasteiger partial charge on any atom is 0.243 e. The molecule has 0 spiro atoms. The number of hydrogen-bond acceptors (Lipinski definition) is 9. The molecule has 4 rings (SSSR count). The van der Waals surface area contributed by atoms with Crippen LogP contribution in [0.15, 0.2) is 42.5 Å². The third kappa shape index (κ3) is 11.2. The zero-order valence-corrected chi connectivity index (χ0v) is 31.2. The minimum atomic E-state index is -0.790. The van der Waals surface area contributed by atoms with E-state index < -0.39 is 12.1 Å². The number of aromatic nitrogens is 3. The first-order valence-corrected chi connectivity index (χ1v) is 18.1. The Morgan fingerprint density at radius 3 is 2.35 bits per heavy atom. The monoisotopic (exact) mass is 719 g/mol. The fraction of sp³-hybridized carbons (Fsp3) is 0.526. The summed E-state index contributed by atoms with van der Waals surface area (Å²) in [7, 11) is 3.13. The quantitative estimate of drug-likeness (QED) is 0.285. The minimum Gasteiger partial charge on any atom is -0.494 e. The zero-order chi connectivity index (χ0) is 37.6. The number of nitrogens with one attached hydrogen (secondary N) is 3. The van der Waals surface area contributed by atoms with Crippen molar-refractivity contribution in [2.45, 2.75) is 84.8 Å². The Labute approximate surface area is 306 Å². The van der Waals surface area contributed by atoms with Gasteiger partial charge < -0.3 is 35.1 Å². The highest BCUT2D eigenvalue weighted by Crippen LogP contribution is 2.28. The summed E-state index contributed by atoms with van der Waals surface area (Å²) in [6, 6.07) is 11.6. The van der Waals surface area contributed by atoms with Crippen LogP contribution in [0, 0.1) is 5.92 Å². The van der Waals surface area contributed by atoms with Gasteiger partial charge in [-0.25, -0.2) is 9.67 Å². The summed E-state index contributed by atoms with van der Waals surface area (Å²) in [5, 5.41) is 13.5. The summed E-state index contributed by atoms with van der Waals surface area (Å²) < 4.78 is 17.8. The van der Waals surface area contributed by atoms with E-state index in [-0.39, 0.29) is 48.9 Å². The van der Waals surface area contributed by atoms with Gasteiger partial charge in [0.15, 0.2) is 17.3 Å². The van der Waals surface area contributed by atoms with E-state index >= 15 is 0 Å². The third-order valence-corrected chi connectivity index (χ3v) is 9.11. The molecule has 0 radical (unpaired) electrons. The molecule has 14 heteroatoms. The Hall–Kier alpha value is -5.14. The van der Waals surface area contributed by atoms with Crippen molar-refractivity contribution in [3.05, 3.63) is 65.2 Å². The van der Waals surface area contributed by atoms with E-state index in [0.717, 1.165) is 16.9 Å². The van der Waals surface area contributed by atoms with Crippen molar-refractivity contribution < 1.29 is 33.4 Å². The lowest BCUT2D eigenvalue weighted by Gasteiger charge is -2.26. The van der Waals surface area contributed by atoms with E-state index in [0.29, 0.717) is 75.1 Å². The molecule has 3 atom stereocenters. The molecule has 52 heavy (non-hydrogen) atoms. The van der Waals surface area contributed by atoms with Crippen LogP contribution in [-0.2, 0) is 38.6 Å². The van der Waals surface area contributed by atoms with Crippen molar-refractivity contribution in [1.29, 1.82) is 0 Å². The SMILES string of the molecule is CCOc1ccc(CC(=O)N2CCCNC(=O)Cn3nc(Cc4ccc(OC)c(OC)c4)nc3[C@@H](C)NC(=O)[C@H]([C@@H](C)CC)NC(=O)CCC2)cc1. The van der Waals surface area contributed by atoms with Crippen LogP contribution in [0.25, 0.3) is 0 Å². The highest BCUT2D eigenvalue weighted by molar-refractivity contribution is 5.88. The van der Waals surface area contributed by atoms with Crippen molar-refractivity contribution in [2.24, 2.45) is 5.92 Å². The van der Waals surface area contributed by atoms with Gasteiger partial charge in [-0.3, -0.25) is 19.2 Å². The molecule has 0 fully saturated rings. The van der Waals surface area contributed by atoms with Crippen LogP contribution in [-0.4, -0.2) is 89.8 Å². The second-order valence-electron chi connectivity index (χ2n) is 13.0. The van der Waals surface area contributed by atoms with Crippen LogP contribution in [0.1, 0.15) is 82.2 Å². The first kappa shape index (κ1) is 39.6. The van der Waals surface area contributed by atoms with Crippen molar-refractivity contribution in [1.82, 2.24) is 35.6 Å². The second kappa shape index (κ2) is 19.5. The molecule has 1 aliphatic heterocycles. The Kier molecular flexibility index (Phi) is 14.8. The first-order chi connectivity index (χ1) is 25.0. The number of hydrogen-bond donors (Lipinski definition) is 3. The lowest BCUT2D eigenvalue weighted by molar-refractivity contribution is -0.132. The Balaban J connectivity index is 1.55. The Bertz CT molecular complexity index is 1660. The van der Waals surface area contributed by atoms with Gasteiger partial charge in [-0.1, -0.05) is 38.5 Å². The molecule has 2 aromatic carbocycles. The molecular weight excluding hydrogens is 666 g/mol. The second-order valence-corrected chi connectivity index (χ2v) is 13.0. The predicted molar refractivity (Wildman–Crippen MR) is 195 cm³/mol. The lowest BCUT2D eigenvalue weighted by Crippen LogP contribution is -2.51. The van der Waals surface area contributed by atoms with Gasteiger partial charge in [0, 0.05) is 32.5 Å². The number of rotatable bonds is 10. The van der Waals surface area contributed by atoms with Gasteiger partial charge in [-0.15, -0.1) is 0 Å². The molecule has 4 amide bonds. The topological polar surface area (TPSA) is 166 Å². The highest BCUT2D eigenvalue weighted by Gasteiger charge is 2.29. The molecule has 3 aromatic rings. The number of methoxy groups -OCH3 is 2. The summed E-state index contributed by atoms with van der Waals surface area (Å²) in [4.78, 5) is 60.0. The summed E-state index contributed by atoms with van der Waals surface area (Å²) in [5.41, 5.74) is 1.72. The summed E-state index contributed by atoms with van der Waals surface area (Å²) in [5.74, 6) is 1.63. The van der Waals surface area contributed by atoms with Crippen LogP contribution >= 0.6 is 0 Å². The molecule has 1 aromatic heterocycles. The van der Waals surface area contributed by atoms with Gasteiger partial charge in [0.1, 0.15) is 24.2 Å². The van der Waals surface area contributed by atoms with E-state index in [1.807, 2.05) is 57.2 Å². The normalized spacial score (nSPS) is 18.5. The number of nitrogens with zero attached hydrogens (tertiary/aromatic N) is 4. The first-order valence-electron chi connectivity index (χ1n) is 18.1. The van der Waals surface area contributed by atoms with Crippen molar-refractivity contribution >= 4 is 23.6 Å². The molecule has 282 valence electrons. The number of amides is 4. The molecule has 1 aliphatic rings. The molecule has 2 heterocycles. The van der Waals surface area contributed by atoms with Crippen molar-refractivity contribution in [3.8, 4) is 17.2 Å². The molecule has 0 unspecified atom stereocenters. The number of fused-ring (bicyclic) bond motifs is 1. The van der Waals surface area contributed by atoms with Crippen LogP contribution in [0.5, 0.6) is 17.2 Å². The third-order valence-electron chi connectivity index (χ3n) is 9.11. The van der Waals surface area contributed by atoms with E-state index in [1.54, 1.807) is 32.1 Å². The van der Waals surface area contributed by atoms with E-state index in [2.05, 4.69) is 21.0 Å². The Morgan fingerprint density at radius 2 is 1.65 bits per heavy atom. The van der Waals surface area contributed by atoms with Crippen molar-refractivity contribution in [3.63, 3.8) is 0 Å². The molecule has 0 aliphatic carbocycles. The van der Waals surface area contributed by atoms with Gasteiger partial charge in [0.2, 0.25) is 23.6 Å². The van der Waals surface area contributed by atoms with Gasteiger partial charge in [-0.2, -0.15) is 5.10 Å². The smallest absolute Gasteiger partial charge is 0.243 e. The summed E-state index contributed by atoms with van der Waals surface area (Å²) >= 11 is 0. The van der Waals surface area contributed by atoms with Gasteiger partial charge >= 0.3 is 0 Å². The van der Waals surface area contributed by atoms with Crippen LogP contribution in [0.3, 0.4) is 0 Å². The highest BCUT2D eigenvalue weighted by atomic mass is 16.5. The van der Waals surface area contributed by atoms with Crippen LogP contribution < -0.4 is 30.2 Å². The zero-order valence-electron chi connectivity index (χ0n) is 31.2. The number of carbonyl (C=O) groups excluding carboxylic acids is 4. The minimum absolute atomic E-state index is 0.0783. The van der Waals surface area contributed by atoms with Crippen molar-refractivity contribution in [2.75, 3.05) is 40.5 Å². The molecule has 0 saturated heterocycles. The van der Waals surface area contributed by atoms with Gasteiger partial charge in [0.25, 0.3) is 0 Å². The fourth-order valence-corrected chi connectivity index (χ4v) is 6.04. The molecular formula is C38H53N7O7. The molecule has 0 saturated carbocycles. The maximum absolute atomic E-state index is 13.7. The average molecular weight is 720 g/mol. The number of ether oxygens (including phenoxy) is 3. The number of benzene rings is 2. The van der Waals surface area contributed by atoms with Crippen LogP contribution in [0.4, 0.5) is 0 Å². The summed E-state index contributed by atoms with van der Waals surface area (Å²) in [6.07, 6.45) is 2.28. The van der Waals surface area contributed by atoms with E-state index in [1.165, 1.54) is 4.68 Å². The Morgan fingerprint density at radius 1 is 0.942 bits per heavy atom.